The van der Waals surface area contributed by atoms with E-state index in [2.05, 4.69) is 4.74 Å². The van der Waals surface area contributed by atoms with Crippen LogP contribution in [0.4, 0.5) is 0 Å². The number of carboxylic acids is 1. The zero-order valence-corrected chi connectivity index (χ0v) is 9.54. The summed E-state index contributed by atoms with van der Waals surface area (Å²) in [6.07, 6.45) is -0.256. The van der Waals surface area contributed by atoms with E-state index in [0.29, 0.717) is 0 Å². The molecule has 0 aliphatic heterocycles. The molecule has 0 fully saturated rings. The first-order valence-corrected chi connectivity index (χ1v) is 5.08. The van der Waals surface area contributed by atoms with Gasteiger partial charge in [-0.15, -0.1) is 0 Å². The zero-order chi connectivity index (χ0) is 14.1. The molecule has 0 aromatic rings. The van der Waals surface area contributed by atoms with Gasteiger partial charge in [-0.05, 0) is 6.42 Å². The van der Waals surface area contributed by atoms with Crippen LogP contribution in [-0.4, -0.2) is 58.6 Å². The van der Waals surface area contributed by atoms with Crippen LogP contribution in [0.5, 0.6) is 0 Å². The molecule has 1 amide bonds. The molecule has 0 rings (SSSR count). The van der Waals surface area contributed by atoms with Gasteiger partial charge in [-0.1, -0.05) is 0 Å². The zero-order valence-electron chi connectivity index (χ0n) is 9.54. The Hall–Kier alpha value is -1.71. The molecule has 0 spiro atoms. The first-order valence-electron chi connectivity index (χ1n) is 5.08. The Morgan fingerprint density at radius 1 is 1.28 bits per heavy atom. The summed E-state index contributed by atoms with van der Waals surface area (Å²) in [5.74, 6) is -2.91. The average Bonchev–Trinajstić information content (AvgIpc) is 2.32. The predicted octanol–water partition coefficient (Wildman–Crippen LogP) is -2.85. The number of carbonyl (C=O) groups excluding carboxylic acids is 2. The second-order valence-electron chi connectivity index (χ2n) is 3.37. The molecule has 9 heteroatoms. The smallest absolute Gasteiger partial charge is 0.328 e. The molecule has 104 valence electrons. The molecule has 0 saturated heterocycles. The summed E-state index contributed by atoms with van der Waals surface area (Å²) < 4.78 is 4.21. The molecule has 0 aromatic carbocycles. The van der Waals surface area contributed by atoms with Crippen LogP contribution in [0.25, 0.3) is 0 Å². The maximum Gasteiger partial charge on any atom is 0.328 e. The molecule has 6 N–H and O–H groups in total. The van der Waals surface area contributed by atoms with E-state index in [9.17, 15) is 14.4 Å². The minimum atomic E-state index is -1.44. The van der Waals surface area contributed by atoms with Crippen molar-refractivity contribution in [1.82, 2.24) is 5.32 Å². The molecule has 0 aliphatic carbocycles. The van der Waals surface area contributed by atoms with Crippen LogP contribution >= 0.6 is 0 Å². The van der Waals surface area contributed by atoms with Gasteiger partial charge in [0.1, 0.15) is 6.04 Å². The van der Waals surface area contributed by atoms with Gasteiger partial charge in [0.05, 0.1) is 12.6 Å². The number of aliphatic hydroxyl groups excluding tert-OH is 2. The van der Waals surface area contributed by atoms with E-state index >= 15 is 0 Å². The Morgan fingerprint density at radius 3 is 2.33 bits per heavy atom. The molecule has 18 heavy (non-hydrogen) atoms. The molecule has 0 bridgehead atoms. The van der Waals surface area contributed by atoms with Gasteiger partial charge in [0.25, 0.3) is 0 Å². The number of esters is 1. The summed E-state index contributed by atoms with van der Waals surface area (Å²) in [5, 5.41) is 27.5. The van der Waals surface area contributed by atoms with Gasteiger partial charge in [-0.25, -0.2) is 4.79 Å². The minimum absolute atomic E-state index is 0.0670. The number of hydrogen-bond acceptors (Lipinski definition) is 7. The lowest BCUT2D eigenvalue weighted by atomic mass is 10.1. The Kier molecular flexibility index (Phi) is 7.59. The number of carboxylic acid groups (broad SMARTS) is 1. The highest BCUT2D eigenvalue weighted by atomic mass is 16.6. The Bertz CT molecular complexity index is 307. The number of carbonyl (C=O) groups is 3. The molecule has 0 radical (unpaired) electrons. The monoisotopic (exact) mass is 264 g/mol. The maximum absolute atomic E-state index is 11.4. The van der Waals surface area contributed by atoms with Crippen molar-refractivity contribution in [2.75, 3.05) is 13.4 Å². The van der Waals surface area contributed by atoms with Crippen LogP contribution in [-0.2, 0) is 19.1 Å². The van der Waals surface area contributed by atoms with Crippen LogP contribution in [0.15, 0.2) is 0 Å². The van der Waals surface area contributed by atoms with E-state index in [1.165, 1.54) is 0 Å². The van der Waals surface area contributed by atoms with Gasteiger partial charge in [-0.3, -0.25) is 9.59 Å². The van der Waals surface area contributed by atoms with Crippen molar-refractivity contribution >= 4 is 17.8 Å². The van der Waals surface area contributed by atoms with Gasteiger partial charge in [0.2, 0.25) is 5.91 Å². The fourth-order valence-corrected chi connectivity index (χ4v) is 1.01. The first kappa shape index (κ1) is 16.3. The highest BCUT2D eigenvalue weighted by Crippen LogP contribution is 1.98. The normalized spacial score (nSPS) is 13.5. The lowest BCUT2D eigenvalue weighted by Crippen LogP contribution is -2.50. The molecular weight excluding hydrogens is 248 g/mol. The van der Waals surface area contributed by atoms with E-state index in [1.54, 1.807) is 0 Å². The second-order valence-corrected chi connectivity index (χ2v) is 3.37. The van der Waals surface area contributed by atoms with Gasteiger partial charge in [0, 0.05) is 6.42 Å². The van der Waals surface area contributed by atoms with Crippen molar-refractivity contribution in [3.8, 4) is 0 Å². The van der Waals surface area contributed by atoms with Crippen LogP contribution in [0.3, 0.4) is 0 Å². The van der Waals surface area contributed by atoms with Crippen molar-refractivity contribution < 1.29 is 34.4 Å². The average molecular weight is 264 g/mol. The Labute approximate surface area is 103 Å². The quantitative estimate of drug-likeness (QED) is 0.231. The molecule has 0 aromatic heterocycles. The summed E-state index contributed by atoms with van der Waals surface area (Å²) >= 11 is 0. The van der Waals surface area contributed by atoms with E-state index < -0.39 is 43.3 Å². The third-order valence-electron chi connectivity index (χ3n) is 2.02. The van der Waals surface area contributed by atoms with Gasteiger partial charge < -0.3 is 31.1 Å². The number of hydrogen-bond donors (Lipinski definition) is 5. The van der Waals surface area contributed by atoms with Gasteiger partial charge >= 0.3 is 11.9 Å². The van der Waals surface area contributed by atoms with Gasteiger partial charge in [0.15, 0.2) is 6.79 Å². The third-order valence-corrected chi connectivity index (χ3v) is 2.02. The summed E-state index contributed by atoms with van der Waals surface area (Å²) in [7, 11) is 0. The molecular formula is C9H16N2O7. The number of nitrogens with two attached hydrogens (primary N) is 1. The van der Waals surface area contributed by atoms with E-state index in [-0.39, 0.29) is 12.8 Å². The van der Waals surface area contributed by atoms with Crippen LogP contribution in [0, 0.1) is 0 Å². The van der Waals surface area contributed by atoms with Crippen LogP contribution in [0.2, 0.25) is 0 Å². The van der Waals surface area contributed by atoms with Crippen molar-refractivity contribution in [2.24, 2.45) is 5.73 Å². The van der Waals surface area contributed by atoms with Gasteiger partial charge in [-0.2, -0.15) is 0 Å². The molecule has 0 heterocycles. The van der Waals surface area contributed by atoms with E-state index in [4.69, 9.17) is 21.1 Å². The number of amides is 1. The first-order chi connectivity index (χ1) is 8.42. The molecule has 0 aliphatic rings. The lowest BCUT2D eigenvalue weighted by Gasteiger charge is -2.15. The summed E-state index contributed by atoms with van der Waals surface area (Å²) in [4.78, 5) is 32.8. The fraction of sp³-hybridized carbons (Fsp3) is 0.667. The predicted molar refractivity (Wildman–Crippen MR) is 57.0 cm³/mol. The van der Waals surface area contributed by atoms with Crippen molar-refractivity contribution in [2.45, 2.75) is 24.9 Å². The van der Waals surface area contributed by atoms with Crippen LogP contribution in [0.1, 0.15) is 12.8 Å². The maximum atomic E-state index is 11.4. The third kappa shape index (κ3) is 6.13. The highest BCUT2D eigenvalue weighted by Gasteiger charge is 2.22. The number of aliphatic hydroxyl groups is 2. The minimum Gasteiger partial charge on any atom is -0.480 e. The molecule has 2 atom stereocenters. The van der Waals surface area contributed by atoms with E-state index in [1.807, 2.05) is 5.32 Å². The summed E-state index contributed by atoms with van der Waals surface area (Å²) in [6, 6.07) is -2.54. The summed E-state index contributed by atoms with van der Waals surface area (Å²) in [6.45, 7) is -1.52. The standard InChI is InChI=1S/C9H16N2O7/c10-5(1-2-7(14)18-4-13)8(15)11-6(3-12)9(16)17/h5-6,12-13H,1-4,10H2,(H,11,15)(H,16,17)/t5-,6-/m0/s1. The number of rotatable bonds is 8. The van der Waals surface area contributed by atoms with Crippen molar-refractivity contribution in [3.05, 3.63) is 0 Å². The largest absolute Gasteiger partial charge is 0.480 e. The van der Waals surface area contributed by atoms with Crippen molar-refractivity contribution in [1.29, 1.82) is 0 Å². The van der Waals surface area contributed by atoms with Crippen molar-refractivity contribution in [3.63, 3.8) is 0 Å². The number of nitrogens with one attached hydrogen (secondary N) is 1. The van der Waals surface area contributed by atoms with Crippen LogP contribution < -0.4 is 11.1 Å². The number of aliphatic carboxylic acids is 1. The summed E-state index contributed by atoms with van der Waals surface area (Å²) in [5.41, 5.74) is 5.41. The number of ether oxygens (including phenoxy) is 1. The second kappa shape index (κ2) is 8.39. The lowest BCUT2D eigenvalue weighted by molar-refractivity contribution is -0.152. The Balaban J connectivity index is 4.10. The topological polar surface area (TPSA) is 159 Å². The molecule has 9 nitrogen and oxygen atoms in total. The van der Waals surface area contributed by atoms with E-state index in [0.717, 1.165) is 0 Å². The Morgan fingerprint density at radius 2 is 1.89 bits per heavy atom. The molecule has 0 saturated carbocycles. The highest BCUT2D eigenvalue weighted by molar-refractivity contribution is 5.87. The SMILES string of the molecule is N[C@@H](CCC(=O)OCO)C(=O)N[C@@H](CO)C(=O)O. The molecule has 0 unspecified atom stereocenters. The fourth-order valence-electron chi connectivity index (χ4n) is 1.01.